The normalized spacial score (nSPS) is 14.9. The van der Waals surface area contributed by atoms with E-state index in [9.17, 15) is 13.5 Å². The van der Waals surface area contributed by atoms with Crippen LogP contribution in [0.25, 0.3) is 0 Å². The van der Waals surface area contributed by atoms with E-state index in [4.69, 9.17) is 11.6 Å². The summed E-state index contributed by atoms with van der Waals surface area (Å²) in [5, 5.41) is 14.3. The molecule has 0 spiro atoms. The van der Waals surface area contributed by atoms with Crippen molar-refractivity contribution in [1.29, 1.82) is 0 Å². The minimum absolute atomic E-state index is 0.0826. The zero-order valence-corrected chi connectivity index (χ0v) is 14.0. The average molecular weight is 346 g/mol. The summed E-state index contributed by atoms with van der Waals surface area (Å²) in [4.78, 5) is 0.0826. The van der Waals surface area contributed by atoms with Crippen molar-refractivity contribution in [3.05, 3.63) is 51.2 Å². The molecule has 0 aliphatic heterocycles. The Morgan fingerprint density at radius 3 is 2.67 bits per heavy atom. The predicted octanol–water partition coefficient (Wildman–Crippen LogP) is 2.90. The van der Waals surface area contributed by atoms with Crippen LogP contribution >= 0.6 is 22.9 Å². The third-order valence-electron chi connectivity index (χ3n) is 3.20. The molecule has 7 heteroatoms. The fourth-order valence-electron chi connectivity index (χ4n) is 1.73. The van der Waals surface area contributed by atoms with E-state index < -0.39 is 15.6 Å². The second-order valence-electron chi connectivity index (χ2n) is 5.02. The van der Waals surface area contributed by atoms with Gasteiger partial charge in [0.1, 0.15) is 5.60 Å². The van der Waals surface area contributed by atoms with Crippen molar-refractivity contribution in [3.8, 4) is 0 Å². The van der Waals surface area contributed by atoms with Crippen LogP contribution in [-0.2, 0) is 15.6 Å². The quantitative estimate of drug-likeness (QED) is 0.875. The number of sulfonamides is 1. The van der Waals surface area contributed by atoms with Crippen molar-refractivity contribution in [2.45, 2.75) is 24.3 Å². The molecule has 1 unspecified atom stereocenters. The molecule has 0 amide bonds. The molecular formula is C14H16ClNO3S2. The fraction of sp³-hybridized carbons (Fsp3) is 0.286. The van der Waals surface area contributed by atoms with Gasteiger partial charge in [0.05, 0.1) is 4.90 Å². The summed E-state index contributed by atoms with van der Waals surface area (Å²) in [6.45, 7) is 3.25. The first-order valence-corrected chi connectivity index (χ1v) is 9.04. The Hall–Kier alpha value is -0.920. The minimum Gasteiger partial charge on any atom is -0.384 e. The summed E-state index contributed by atoms with van der Waals surface area (Å²) in [5.41, 5.74) is 0.222. The van der Waals surface area contributed by atoms with Crippen LogP contribution in [0.2, 0.25) is 5.02 Å². The maximum Gasteiger partial charge on any atom is 0.240 e. The number of rotatable bonds is 5. The predicted molar refractivity (Wildman–Crippen MR) is 85.3 cm³/mol. The minimum atomic E-state index is -3.71. The summed E-state index contributed by atoms with van der Waals surface area (Å²) in [6.07, 6.45) is 0. The highest BCUT2D eigenvalue weighted by Crippen LogP contribution is 2.24. The van der Waals surface area contributed by atoms with Crippen molar-refractivity contribution in [1.82, 2.24) is 4.72 Å². The van der Waals surface area contributed by atoms with E-state index in [0.717, 1.165) is 5.56 Å². The molecule has 114 valence electrons. The van der Waals surface area contributed by atoms with E-state index in [-0.39, 0.29) is 11.4 Å². The van der Waals surface area contributed by atoms with Crippen LogP contribution in [-0.4, -0.2) is 20.1 Å². The van der Waals surface area contributed by atoms with Gasteiger partial charge in [-0.25, -0.2) is 13.1 Å². The lowest BCUT2D eigenvalue weighted by Crippen LogP contribution is -2.38. The van der Waals surface area contributed by atoms with Crippen LogP contribution in [0.5, 0.6) is 0 Å². The summed E-state index contributed by atoms with van der Waals surface area (Å²) in [5.74, 6) is 0. The molecule has 21 heavy (non-hydrogen) atoms. The van der Waals surface area contributed by atoms with Gasteiger partial charge >= 0.3 is 0 Å². The lowest BCUT2D eigenvalue weighted by molar-refractivity contribution is 0.0632. The number of aliphatic hydroxyl groups is 1. The zero-order valence-electron chi connectivity index (χ0n) is 11.6. The van der Waals surface area contributed by atoms with Gasteiger partial charge in [-0.05, 0) is 53.9 Å². The van der Waals surface area contributed by atoms with Crippen LogP contribution in [0.4, 0.5) is 0 Å². The van der Waals surface area contributed by atoms with E-state index in [1.54, 1.807) is 31.4 Å². The van der Waals surface area contributed by atoms with Gasteiger partial charge in [-0.15, -0.1) is 0 Å². The summed E-state index contributed by atoms with van der Waals surface area (Å²) >= 11 is 7.40. The smallest absolute Gasteiger partial charge is 0.240 e. The zero-order chi connectivity index (χ0) is 15.7. The van der Waals surface area contributed by atoms with Crippen molar-refractivity contribution in [2.24, 2.45) is 0 Å². The van der Waals surface area contributed by atoms with Crippen molar-refractivity contribution in [2.75, 3.05) is 6.54 Å². The van der Waals surface area contributed by atoms with Crippen molar-refractivity contribution in [3.63, 3.8) is 0 Å². The van der Waals surface area contributed by atoms with Crippen LogP contribution in [0, 0.1) is 6.92 Å². The Labute approximate surface area is 133 Å². The van der Waals surface area contributed by atoms with Gasteiger partial charge in [0.15, 0.2) is 0 Å². The monoisotopic (exact) mass is 345 g/mol. The maximum absolute atomic E-state index is 12.2. The standard InChI is InChI=1S/C14H16ClNO3S2/c1-10-3-4-12(7-13(10)15)21(18,19)16-9-14(2,17)11-5-6-20-8-11/h3-8,16-17H,9H2,1-2H3. The van der Waals surface area contributed by atoms with Gasteiger partial charge in [0.25, 0.3) is 0 Å². The fourth-order valence-corrected chi connectivity index (χ4v) is 3.92. The highest BCUT2D eigenvalue weighted by Gasteiger charge is 2.26. The van der Waals surface area contributed by atoms with Gasteiger partial charge in [0, 0.05) is 11.6 Å². The first-order valence-electron chi connectivity index (χ1n) is 6.23. The number of halogens is 1. The van der Waals surface area contributed by atoms with Gasteiger partial charge in [-0.2, -0.15) is 11.3 Å². The highest BCUT2D eigenvalue weighted by molar-refractivity contribution is 7.89. The molecule has 0 bridgehead atoms. The SMILES string of the molecule is Cc1ccc(S(=O)(=O)NCC(C)(O)c2ccsc2)cc1Cl. The molecule has 0 radical (unpaired) electrons. The number of hydrogen-bond acceptors (Lipinski definition) is 4. The van der Waals surface area contributed by atoms with Crippen LogP contribution < -0.4 is 4.72 Å². The highest BCUT2D eigenvalue weighted by atomic mass is 35.5. The number of hydrogen-bond donors (Lipinski definition) is 2. The first kappa shape index (κ1) is 16.5. The molecule has 4 nitrogen and oxygen atoms in total. The Bertz CT molecular complexity index is 725. The second-order valence-corrected chi connectivity index (χ2v) is 7.98. The Morgan fingerprint density at radius 2 is 2.10 bits per heavy atom. The Balaban J connectivity index is 2.16. The molecule has 0 aliphatic rings. The largest absolute Gasteiger partial charge is 0.384 e. The van der Waals surface area contributed by atoms with Crippen LogP contribution in [0.15, 0.2) is 39.9 Å². The van der Waals surface area contributed by atoms with E-state index in [1.807, 2.05) is 5.38 Å². The third-order valence-corrected chi connectivity index (χ3v) is 5.69. The number of nitrogens with one attached hydrogen (secondary N) is 1. The topological polar surface area (TPSA) is 66.4 Å². The van der Waals surface area contributed by atoms with E-state index in [1.165, 1.54) is 23.5 Å². The number of aryl methyl sites for hydroxylation is 1. The second kappa shape index (κ2) is 6.06. The molecule has 1 aromatic carbocycles. The van der Waals surface area contributed by atoms with Gasteiger partial charge in [-0.1, -0.05) is 17.7 Å². The molecule has 1 heterocycles. The summed E-state index contributed by atoms with van der Waals surface area (Å²) < 4.78 is 26.9. The Morgan fingerprint density at radius 1 is 1.38 bits per heavy atom. The molecule has 2 aromatic rings. The molecule has 0 saturated carbocycles. The van der Waals surface area contributed by atoms with E-state index >= 15 is 0 Å². The molecule has 0 aliphatic carbocycles. The summed E-state index contributed by atoms with van der Waals surface area (Å²) in [6, 6.07) is 6.30. The van der Waals surface area contributed by atoms with Gasteiger partial charge < -0.3 is 5.11 Å². The lowest BCUT2D eigenvalue weighted by Gasteiger charge is -2.22. The molecular weight excluding hydrogens is 330 g/mol. The van der Waals surface area contributed by atoms with Crippen molar-refractivity contribution >= 4 is 33.0 Å². The molecule has 1 atom stereocenters. The molecule has 0 saturated heterocycles. The van der Waals surface area contributed by atoms with Crippen LogP contribution in [0.1, 0.15) is 18.1 Å². The molecule has 1 aromatic heterocycles. The van der Waals surface area contributed by atoms with Gasteiger partial charge in [-0.3, -0.25) is 0 Å². The summed E-state index contributed by atoms with van der Waals surface area (Å²) in [7, 11) is -3.71. The Kier molecular flexibility index (Phi) is 4.75. The number of benzene rings is 1. The lowest BCUT2D eigenvalue weighted by atomic mass is 10.0. The molecule has 2 rings (SSSR count). The molecule has 0 fully saturated rings. The van der Waals surface area contributed by atoms with E-state index in [2.05, 4.69) is 4.72 Å². The van der Waals surface area contributed by atoms with Crippen LogP contribution in [0.3, 0.4) is 0 Å². The maximum atomic E-state index is 12.2. The third kappa shape index (κ3) is 3.84. The average Bonchev–Trinajstić information content (AvgIpc) is 2.94. The van der Waals surface area contributed by atoms with Gasteiger partial charge in [0.2, 0.25) is 10.0 Å². The van der Waals surface area contributed by atoms with Crippen molar-refractivity contribution < 1.29 is 13.5 Å². The first-order chi connectivity index (χ1) is 9.72. The number of thiophene rings is 1. The molecule has 2 N–H and O–H groups in total. The van der Waals surface area contributed by atoms with E-state index in [0.29, 0.717) is 10.6 Å².